The molecule has 1 aliphatic rings. The van der Waals surface area contributed by atoms with E-state index in [4.69, 9.17) is 9.16 Å². The van der Waals surface area contributed by atoms with Gasteiger partial charge in [0.05, 0.1) is 6.54 Å². The summed E-state index contributed by atoms with van der Waals surface area (Å²) in [4.78, 5) is 57.9. The smallest absolute Gasteiger partial charge is 0.410 e. The number of rotatable bonds is 15. The van der Waals surface area contributed by atoms with Crippen molar-refractivity contribution in [2.75, 3.05) is 26.7 Å². The molecule has 0 saturated carbocycles. The lowest BCUT2D eigenvalue weighted by Gasteiger charge is -2.32. The van der Waals surface area contributed by atoms with Crippen LogP contribution in [0.2, 0.25) is 19.6 Å². The van der Waals surface area contributed by atoms with Gasteiger partial charge in [-0.25, -0.2) is 4.79 Å². The van der Waals surface area contributed by atoms with Crippen molar-refractivity contribution in [2.24, 2.45) is 0 Å². The van der Waals surface area contributed by atoms with Gasteiger partial charge < -0.3 is 19.4 Å². The number of carbonyl (C=O) groups is 4. The van der Waals surface area contributed by atoms with Crippen molar-refractivity contribution in [3.63, 3.8) is 0 Å². The highest BCUT2D eigenvalue weighted by Gasteiger charge is 2.35. The van der Waals surface area contributed by atoms with Crippen LogP contribution in [0.15, 0.2) is 109 Å². The Balaban J connectivity index is 1.33. The molecule has 0 aromatic heterocycles. The maximum Gasteiger partial charge on any atom is 0.410 e. The Morgan fingerprint density at radius 1 is 0.750 bits per heavy atom. The van der Waals surface area contributed by atoms with E-state index >= 15 is 0 Å². The number of amides is 3. The van der Waals surface area contributed by atoms with E-state index in [1.807, 2.05) is 111 Å². The van der Waals surface area contributed by atoms with Crippen molar-refractivity contribution in [1.29, 1.82) is 0 Å². The first-order chi connectivity index (χ1) is 24.9. The van der Waals surface area contributed by atoms with Crippen molar-refractivity contribution in [3.8, 4) is 11.1 Å². The average molecular weight is 720 g/mol. The van der Waals surface area contributed by atoms with Crippen LogP contribution < -0.4 is 5.32 Å². The predicted octanol–water partition coefficient (Wildman–Crippen LogP) is 6.82. The lowest BCUT2D eigenvalue weighted by molar-refractivity contribution is -0.142. The van der Waals surface area contributed by atoms with Gasteiger partial charge in [-0.05, 0) is 59.4 Å². The van der Waals surface area contributed by atoms with Crippen LogP contribution in [0.3, 0.4) is 0 Å². The molecular formula is C42H49N3O6Si. The normalized spacial score (nSPS) is 13.2. The second kappa shape index (κ2) is 17.3. The van der Waals surface area contributed by atoms with Gasteiger partial charge in [-0.1, -0.05) is 116 Å². The third-order valence-corrected chi connectivity index (χ3v) is 9.91. The number of fused-ring (bicyclic) bond motifs is 3. The maximum absolute atomic E-state index is 14.4. The summed E-state index contributed by atoms with van der Waals surface area (Å²) in [6.45, 7) is 7.75. The SMILES string of the molecule is CCCN(CC(=O)N[C@@H](Cc1ccccc1)C(=O)O[Si](C)(C)C)C(=O)[C@H](Cc1ccccc1)N(C)C(=O)OCC1c2ccccc2-c2ccccc21. The molecule has 1 N–H and O–H groups in total. The van der Waals surface area contributed by atoms with E-state index in [9.17, 15) is 19.2 Å². The first-order valence-electron chi connectivity index (χ1n) is 17.9. The molecule has 0 saturated heterocycles. The summed E-state index contributed by atoms with van der Waals surface area (Å²) in [5, 5.41) is 2.85. The molecule has 0 aliphatic heterocycles. The van der Waals surface area contributed by atoms with Gasteiger partial charge in [0.1, 0.15) is 18.7 Å². The van der Waals surface area contributed by atoms with Crippen LogP contribution >= 0.6 is 0 Å². The average Bonchev–Trinajstić information content (AvgIpc) is 3.45. The number of ether oxygens (including phenoxy) is 1. The molecule has 9 nitrogen and oxygen atoms in total. The molecule has 52 heavy (non-hydrogen) atoms. The van der Waals surface area contributed by atoms with Gasteiger partial charge in [-0.3, -0.25) is 19.3 Å². The molecule has 3 amide bonds. The van der Waals surface area contributed by atoms with Crippen LogP contribution in [0.1, 0.15) is 41.5 Å². The van der Waals surface area contributed by atoms with Gasteiger partial charge in [0.25, 0.3) is 0 Å². The Kier molecular flexibility index (Phi) is 12.7. The summed E-state index contributed by atoms with van der Waals surface area (Å²) in [6.07, 6.45) is 0.422. The Bertz CT molecular complexity index is 1800. The van der Waals surface area contributed by atoms with Gasteiger partial charge in [0.2, 0.25) is 20.1 Å². The Labute approximate surface area is 308 Å². The van der Waals surface area contributed by atoms with E-state index in [0.29, 0.717) is 6.42 Å². The standard InChI is InChI=1S/C42H49N3O6Si/c1-6-25-45(28-39(46)43-37(41(48)51-52(3,4)5)26-30-17-9-7-10-18-30)40(47)38(27-31-19-11-8-12-20-31)44(2)42(49)50-29-36-34-23-15-13-21-32(34)33-22-14-16-24-35(33)36/h7-24,36-38H,6,25-29H2,1-5H3,(H,43,46)/t37-,38-/m0/s1. The zero-order valence-corrected chi connectivity index (χ0v) is 31.7. The van der Waals surface area contributed by atoms with Gasteiger partial charge in [-0.15, -0.1) is 0 Å². The van der Waals surface area contributed by atoms with Gasteiger partial charge in [0, 0.05) is 32.4 Å². The number of nitrogens with zero attached hydrogens (tertiary/aromatic N) is 2. The molecule has 2 atom stereocenters. The van der Waals surface area contributed by atoms with Crippen LogP contribution in [0.4, 0.5) is 4.79 Å². The summed E-state index contributed by atoms with van der Waals surface area (Å²) in [5.41, 5.74) is 6.16. The summed E-state index contributed by atoms with van der Waals surface area (Å²) >= 11 is 0. The molecule has 0 bridgehead atoms. The molecule has 4 aromatic carbocycles. The lowest BCUT2D eigenvalue weighted by atomic mass is 9.98. The molecule has 10 heteroatoms. The Morgan fingerprint density at radius 2 is 1.27 bits per heavy atom. The van der Waals surface area contributed by atoms with Gasteiger partial charge >= 0.3 is 12.1 Å². The number of hydrogen-bond acceptors (Lipinski definition) is 6. The third-order valence-electron chi connectivity index (χ3n) is 9.10. The highest BCUT2D eigenvalue weighted by molar-refractivity contribution is 6.71. The Hall–Kier alpha value is -5.22. The van der Waals surface area contributed by atoms with Crippen molar-refractivity contribution < 1.29 is 28.3 Å². The topological polar surface area (TPSA) is 105 Å². The molecule has 1 aliphatic carbocycles. The summed E-state index contributed by atoms with van der Waals surface area (Å²) < 4.78 is 11.7. The summed E-state index contributed by atoms with van der Waals surface area (Å²) in [7, 11) is -0.688. The largest absolute Gasteiger partial charge is 0.518 e. The molecule has 0 fully saturated rings. The molecule has 272 valence electrons. The Morgan fingerprint density at radius 3 is 1.81 bits per heavy atom. The molecule has 0 unspecified atom stereocenters. The molecular weight excluding hydrogens is 671 g/mol. The predicted molar refractivity (Wildman–Crippen MR) is 205 cm³/mol. The molecule has 0 radical (unpaired) electrons. The van der Waals surface area contributed by atoms with Crippen molar-refractivity contribution in [3.05, 3.63) is 131 Å². The fraction of sp³-hybridized carbons (Fsp3) is 0.333. The highest BCUT2D eigenvalue weighted by Crippen LogP contribution is 2.44. The van der Waals surface area contributed by atoms with E-state index in [-0.39, 0.29) is 44.4 Å². The fourth-order valence-electron chi connectivity index (χ4n) is 6.63. The minimum Gasteiger partial charge on any atom is -0.518 e. The van der Waals surface area contributed by atoms with E-state index < -0.39 is 38.4 Å². The second-order valence-electron chi connectivity index (χ2n) is 14.2. The zero-order chi connectivity index (χ0) is 37.3. The molecule has 4 aromatic rings. The van der Waals surface area contributed by atoms with Crippen molar-refractivity contribution in [2.45, 2.75) is 63.8 Å². The van der Waals surface area contributed by atoms with Crippen LogP contribution in [0.5, 0.6) is 0 Å². The fourth-order valence-corrected chi connectivity index (χ4v) is 7.37. The quantitative estimate of drug-likeness (QED) is 0.135. The highest BCUT2D eigenvalue weighted by atomic mass is 28.4. The van der Waals surface area contributed by atoms with Gasteiger partial charge in [-0.2, -0.15) is 0 Å². The molecule has 0 spiro atoms. The number of likely N-dealkylation sites (N-methyl/N-ethyl adjacent to an activating group) is 1. The van der Waals surface area contributed by atoms with Crippen LogP contribution in [-0.2, 0) is 36.4 Å². The number of carbonyl (C=O) groups excluding carboxylic acids is 4. The van der Waals surface area contributed by atoms with Crippen LogP contribution in [-0.4, -0.2) is 80.8 Å². The zero-order valence-electron chi connectivity index (χ0n) is 30.7. The number of nitrogens with one attached hydrogen (secondary N) is 1. The molecule has 0 heterocycles. The first kappa shape index (κ1) is 38.0. The van der Waals surface area contributed by atoms with Crippen LogP contribution in [0, 0.1) is 0 Å². The second-order valence-corrected chi connectivity index (χ2v) is 18.7. The lowest BCUT2D eigenvalue weighted by Crippen LogP contribution is -2.54. The van der Waals surface area contributed by atoms with E-state index in [1.165, 1.54) is 9.80 Å². The summed E-state index contributed by atoms with van der Waals surface area (Å²) in [6, 6.07) is 33.2. The monoisotopic (exact) mass is 719 g/mol. The molecule has 5 rings (SSSR count). The van der Waals surface area contributed by atoms with E-state index in [1.54, 1.807) is 7.05 Å². The van der Waals surface area contributed by atoms with Crippen LogP contribution in [0.25, 0.3) is 11.1 Å². The van der Waals surface area contributed by atoms with E-state index in [2.05, 4.69) is 29.6 Å². The minimum atomic E-state index is -2.25. The minimum absolute atomic E-state index is 0.112. The van der Waals surface area contributed by atoms with Crippen molar-refractivity contribution >= 4 is 32.2 Å². The van der Waals surface area contributed by atoms with Crippen molar-refractivity contribution in [1.82, 2.24) is 15.1 Å². The van der Waals surface area contributed by atoms with E-state index in [0.717, 1.165) is 33.4 Å². The number of hydrogen-bond donors (Lipinski definition) is 1. The van der Waals surface area contributed by atoms with Gasteiger partial charge in [0.15, 0.2) is 0 Å². The number of benzene rings is 4. The first-order valence-corrected chi connectivity index (χ1v) is 21.3. The third kappa shape index (κ3) is 9.76. The summed E-state index contributed by atoms with van der Waals surface area (Å²) in [5.74, 6) is -1.51. The maximum atomic E-state index is 14.4.